The van der Waals surface area contributed by atoms with Crippen LogP contribution < -0.4 is 9.80 Å². The molecule has 0 radical (unpaired) electrons. The number of carbonyl (C=O) groups excluding carboxylic acids is 1. The second-order valence-electron chi connectivity index (χ2n) is 7.95. The van der Waals surface area contributed by atoms with Crippen LogP contribution in [0.15, 0.2) is 36.4 Å². The van der Waals surface area contributed by atoms with Crippen LogP contribution in [0, 0.1) is 0 Å². The van der Waals surface area contributed by atoms with Crippen LogP contribution in [0.2, 0.25) is 10.0 Å². The van der Waals surface area contributed by atoms with Gasteiger partial charge in [-0.2, -0.15) is 0 Å². The Bertz CT molecular complexity index is 1010. The van der Waals surface area contributed by atoms with Crippen LogP contribution in [-0.2, 0) is 11.2 Å². The summed E-state index contributed by atoms with van der Waals surface area (Å²) in [6.45, 7) is 5.57. The van der Waals surface area contributed by atoms with E-state index in [9.17, 15) is 14.7 Å². The van der Waals surface area contributed by atoms with Gasteiger partial charge in [0.25, 0.3) is 0 Å². The zero-order valence-corrected chi connectivity index (χ0v) is 18.9. The van der Waals surface area contributed by atoms with Crippen molar-refractivity contribution in [1.82, 2.24) is 4.90 Å². The molecule has 1 amide bonds. The van der Waals surface area contributed by atoms with Crippen LogP contribution in [0.1, 0.15) is 29.3 Å². The number of aromatic carboxylic acids is 1. The van der Waals surface area contributed by atoms with Crippen LogP contribution in [-0.4, -0.2) is 60.6 Å². The number of hydrogen-bond donors (Lipinski definition) is 1. The molecule has 2 aromatic rings. The Kier molecular flexibility index (Phi) is 6.42. The maximum Gasteiger partial charge on any atom is 0.335 e. The first-order valence-electron chi connectivity index (χ1n) is 10.5. The third kappa shape index (κ3) is 4.25. The molecular formula is C23H25Cl2N3O3. The molecule has 0 aliphatic carbocycles. The summed E-state index contributed by atoms with van der Waals surface area (Å²) in [5.41, 5.74) is 2.87. The van der Waals surface area contributed by atoms with E-state index in [1.165, 1.54) is 0 Å². The molecule has 1 saturated heterocycles. The fraction of sp³-hybridized carbons (Fsp3) is 0.391. The van der Waals surface area contributed by atoms with Crippen molar-refractivity contribution in [3.63, 3.8) is 0 Å². The van der Waals surface area contributed by atoms with Gasteiger partial charge in [-0.15, -0.1) is 0 Å². The minimum absolute atomic E-state index is 0.0473. The standard InChI is InChI=1S/C23H25Cl2N3O3/c1-2-8-28-19-14-16(23(30)31)7-6-15(19)13-20(22(28)29)27-11-9-26(10-12-27)18-5-3-4-17(24)21(18)25/h3-7,14,20H,2,8-13H2,1H3,(H,30,31). The average Bonchev–Trinajstić information content (AvgIpc) is 2.77. The Labute approximate surface area is 191 Å². The lowest BCUT2D eigenvalue weighted by Gasteiger charge is -2.43. The Morgan fingerprint density at radius 3 is 2.52 bits per heavy atom. The van der Waals surface area contributed by atoms with Gasteiger partial charge in [0.2, 0.25) is 5.91 Å². The number of benzene rings is 2. The smallest absolute Gasteiger partial charge is 0.335 e. The minimum Gasteiger partial charge on any atom is -0.478 e. The van der Waals surface area contributed by atoms with Crippen molar-refractivity contribution in [1.29, 1.82) is 0 Å². The molecule has 2 aliphatic heterocycles. The SMILES string of the molecule is CCCN1C(=O)C(N2CCN(c3cccc(Cl)c3Cl)CC2)Cc2ccc(C(=O)O)cc21. The maximum absolute atomic E-state index is 13.4. The number of piperazine rings is 1. The predicted octanol–water partition coefficient (Wildman–Crippen LogP) is 4.18. The van der Waals surface area contributed by atoms with Gasteiger partial charge in [-0.1, -0.05) is 42.3 Å². The first kappa shape index (κ1) is 21.9. The van der Waals surface area contributed by atoms with E-state index in [1.807, 2.05) is 25.1 Å². The van der Waals surface area contributed by atoms with Crippen molar-refractivity contribution < 1.29 is 14.7 Å². The molecule has 2 aromatic carbocycles. The number of hydrogen-bond acceptors (Lipinski definition) is 4. The van der Waals surface area contributed by atoms with Gasteiger partial charge in [0.1, 0.15) is 0 Å². The summed E-state index contributed by atoms with van der Waals surface area (Å²) >= 11 is 12.6. The number of nitrogens with zero attached hydrogens (tertiary/aromatic N) is 3. The number of rotatable bonds is 5. The van der Waals surface area contributed by atoms with E-state index in [4.69, 9.17) is 23.2 Å². The van der Waals surface area contributed by atoms with Crippen molar-refractivity contribution in [2.45, 2.75) is 25.8 Å². The first-order valence-corrected chi connectivity index (χ1v) is 11.3. The monoisotopic (exact) mass is 461 g/mol. The van der Waals surface area contributed by atoms with E-state index in [0.717, 1.165) is 49.5 Å². The van der Waals surface area contributed by atoms with Gasteiger partial charge in [0, 0.05) is 38.4 Å². The summed E-state index contributed by atoms with van der Waals surface area (Å²) < 4.78 is 0. The summed E-state index contributed by atoms with van der Waals surface area (Å²) in [4.78, 5) is 31.0. The predicted molar refractivity (Wildman–Crippen MR) is 124 cm³/mol. The third-order valence-electron chi connectivity index (χ3n) is 6.06. The molecule has 1 fully saturated rings. The van der Waals surface area contributed by atoms with Crippen molar-refractivity contribution in [3.05, 3.63) is 57.6 Å². The lowest BCUT2D eigenvalue weighted by molar-refractivity contribution is -0.124. The molecule has 1 atom stereocenters. The second kappa shape index (κ2) is 9.07. The number of carbonyl (C=O) groups is 2. The summed E-state index contributed by atoms with van der Waals surface area (Å²) in [6, 6.07) is 10.5. The summed E-state index contributed by atoms with van der Waals surface area (Å²) in [6.07, 6.45) is 1.39. The largest absolute Gasteiger partial charge is 0.478 e. The first-order chi connectivity index (χ1) is 14.9. The number of anilines is 2. The molecule has 2 aliphatic rings. The molecule has 0 bridgehead atoms. The van der Waals surface area contributed by atoms with Crippen LogP contribution in [0.5, 0.6) is 0 Å². The molecule has 164 valence electrons. The topological polar surface area (TPSA) is 64.1 Å². The van der Waals surface area contributed by atoms with Gasteiger partial charge >= 0.3 is 5.97 Å². The highest BCUT2D eigenvalue weighted by Crippen LogP contribution is 2.35. The van der Waals surface area contributed by atoms with E-state index < -0.39 is 5.97 Å². The highest BCUT2D eigenvalue weighted by atomic mass is 35.5. The average molecular weight is 462 g/mol. The number of amides is 1. The van der Waals surface area contributed by atoms with E-state index in [1.54, 1.807) is 23.1 Å². The fourth-order valence-electron chi connectivity index (χ4n) is 4.47. The van der Waals surface area contributed by atoms with Crippen LogP contribution >= 0.6 is 23.2 Å². The van der Waals surface area contributed by atoms with Crippen molar-refractivity contribution in [2.24, 2.45) is 0 Å². The van der Waals surface area contributed by atoms with Gasteiger partial charge in [-0.05, 0) is 42.7 Å². The Hall–Kier alpha value is -2.28. The minimum atomic E-state index is -0.982. The Morgan fingerprint density at radius 1 is 1.10 bits per heavy atom. The molecule has 1 unspecified atom stereocenters. The van der Waals surface area contributed by atoms with Crippen LogP contribution in [0.4, 0.5) is 11.4 Å². The molecule has 6 nitrogen and oxygen atoms in total. The normalized spacial score (nSPS) is 19.5. The molecule has 31 heavy (non-hydrogen) atoms. The second-order valence-corrected chi connectivity index (χ2v) is 8.74. The van der Waals surface area contributed by atoms with Crippen molar-refractivity contribution >= 4 is 46.5 Å². The van der Waals surface area contributed by atoms with Crippen molar-refractivity contribution in [3.8, 4) is 0 Å². The van der Waals surface area contributed by atoms with Crippen LogP contribution in [0.3, 0.4) is 0 Å². The molecule has 4 rings (SSSR count). The highest BCUT2D eigenvalue weighted by molar-refractivity contribution is 6.43. The lowest BCUT2D eigenvalue weighted by atomic mass is 9.94. The number of fused-ring (bicyclic) bond motifs is 1. The molecule has 0 spiro atoms. The molecular weight excluding hydrogens is 437 g/mol. The van der Waals surface area contributed by atoms with Gasteiger partial charge < -0.3 is 14.9 Å². The highest BCUT2D eigenvalue weighted by Gasteiger charge is 2.37. The fourth-order valence-corrected chi connectivity index (χ4v) is 4.88. The zero-order chi connectivity index (χ0) is 22.1. The molecule has 1 N–H and O–H groups in total. The van der Waals surface area contributed by atoms with Gasteiger partial charge in [-0.25, -0.2) is 4.79 Å². The quantitative estimate of drug-likeness (QED) is 0.723. The van der Waals surface area contributed by atoms with Crippen LogP contribution in [0.25, 0.3) is 0 Å². The van der Waals surface area contributed by atoms with E-state index >= 15 is 0 Å². The molecule has 0 saturated carbocycles. The van der Waals surface area contributed by atoms with Gasteiger partial charge in [0.15, 0.2) is 0 Å². The number of halogens is 2. The molecule has 8 heteroatoms. The zero-order valence-electron chi connectivity index (χ0n) is 17.4. The lowest BCUT2D eigenvalue weighted by Crippen LogP contribution is -2.58. The molecule has 0 aromatic heterocycles. The maximum atomic E-state index is 13.4. The van der Waals surface area contributed by atoms with Crippen molar-refractivity contribution in [2.75, 3.05) is 42.5 Å². The van der Waals surface area contributed by atoms with E-state index in [0.29, 0.717) is 23.0 Å². The Balaban J connectivity index is 1.53. The number of carboxylic acids is 1. The number of carboxylic acid groups (broad SMARTS) is 1. The van der Waals surface area contributed by atoms with Gasteiger partial charge in [-0.3, -0.25) is 9.69 Å². The van der Waals surface area contributed by atoms with E-state index in [2.05, 4.69) is 9.80 Å². The Morgan fingerprint density at radius 2 is 1.84 bits per heavy atom. The molecule has 2 heterocycles. The summed E-state index contributed by atoms with van der Waals surface area (Å²) in [5, 5.41) is 10.4. The van der Waals surface area contributed by atoms with Gasteiger partial charge in [0.05, 0.1) is 27.3 Å². The third-order valence-corrected chi connectivity index (χ3v) is 6.87. The van der Waals surface area contributed by atoms with E-state index in [-0.39, 0.29) is 17.5 Å². The summed E-state index contributed by atoms with van der Waals surface area (Å²) in [7, 11) is 0. The summed E-state index contributed by atoms with van der Waals surface area (Å²) in [5.74, 6) is -0.934.